The topological polar surface area (TPSA) is 57.5 Å². The highest BCUT2D eigenvalue weighted by Crippen LogP contribution is 2.33. The van der Waals surface area contributed by atoms with Gasteiger partial charge in [-0.25, -0.2) is 0 Å². The first kappa shape index (κ1) is 15.3. The summed E-state index contributed by atoms with van der Waals surface area (Å²) in [4.78, 5) is 11.2. The fourth-order valence-electron chi connectivity index (χ4n) is 1.80. The Kier molecular flexibility index (Phi) is 5.93. The molecule has 0 aliphatic heterocycles. The molecule has 0 aliphatic rings. The summed E-state index contributed by atoms with van der Waals surface area (Å²) in [6.45, 7) is 1.97. The molecule has 100 valence electrons. The maximum atomic E-state index is 11.2. The predicted octanol–water partition coefficient (Wildman–Crippen LogP) is 3.92. The molecule has 3 nitrogen and oxygen atoms in total. The molecule has 0 aromatic heterocycles. The lowest BCUT2D eigenvalue weighted by Crippen LogP contribution is -2.22. The Labute approximate surface area is 116 Å². The second-order valence-electron chi connectivity index (χ2n) is 4.20. The van der Waals surface area contributed by atoms with Crippen molar-refractivity contribution < 1.29 is 15.0 Å². The van der Waals surface area contributed by atoms with Crippen LogP contribution < -0.4 is 0 Å². The minimum atomic E-state index is -1.14. The van der Waals surface area contributed by atoms with Crippen molar-refractivity contribution in [3.8, 4) is 0 Å². The Balaban J connectivity index is 2.97. The number of carbonyl (C=O) groups is 1. The zero-order chi connectivity index (χ0) is 13.7. The van der Waals surface area contributed by atoms with Gasteiger partial charge in [-0.05, 0) is 24.6 Å². The molecular weight excluding hydrogens is 275 g/mol. The first-order valence-electron chi connectivity index (χ1n) is 5.83. The molecule has 0 spiro atoms. The lowest BCUT2D eigenvalue weighted by atomic mass is 9.91. The molecular formula is C13H16Cl2O3. The first-order chi connectivity index (χ1) is 8.47. The van der Waals surface area contributed by atoms with E-state index in [-0.39, 0.29) is 0 Å². The monoisotopic (exact) mass is 290 g/mol. The van der Waals surface area contributed by atoms with Gasteiger partial charge >= 0.3 is 5.97 Å². The Bertz CT molecular complexity index is 421. The molecule has 0 amide bonds. The van der Waals surface area contributed by atoms with Gasteiger partial charge in [-0.1, -0.05) is 43.0 Å². The minimum absolute atomic E-state index is 0.328. The fraction of sp³-hybridized carbons (Fsp3) is 0.462. The predicted molar refractivity (Wildman–Crippen MR) is 72.1 cm³/mol. The van der Waals surface area contributed by atoms with E-state index < -0.39 is 18.0 Å². The summed E-state index contributed by atoms with van der Waals surface area (Å²) in [5.74, 6) is -1.88. The van der Waals surface area contributed by atoms with E-state index in [1.54, 1.807) is 12.1 Å². The summed E-state index contributed by atoms with van der Waals surface area (Å²) in [6.07, 6.45) is 0.891. The van der Waals surface area contributed by atoms with E-state index in [0.717, 1.165) is 12.8 Å². The zero-order valence-corrected chi connectivity index (χ0v) is 11.6. The molecule has 0 saturated heterocycles. The van der Waals surface area contributed by atoms with E-state index in [9.17, 15) is 9.90 Å². The number of carboxylic acids is 1. The van der Waals surface area contributed by atoms with Gasteiger partial charge in [0.05, 0.1) is 12.0 Å². The lowest BCUT2D eigenvalue weighted by Gasteiger charge is -2.20. The number of hydrogen-bond donors (Lipinski definition) is 2. The standard InChI is InChI=1S/C13H16Cl2O3/c1-2-3-4-9(13(17)18)12(16)10-7-8(14)5-6-11(10)15/h5-7,9,12,16H,2-4H2,1H3,(H,17,18). The second kappa shape index (κ2) is 6.98. The van der Waals surface area contributed by atoms with Crippen molar-refractivity contribution in [1.82, 2.24) is 0 Å². The van der Waals surface area contributed by atoms with Crippen molar-refractivity contribution in [2.75, 3.05) is 0 Å². The van der Waals surface area contributed by atoms with Crippen LogP contribution in [0.15, 0.2) is 18.2 Å². The summed E-state index contributed by atoms with van der Waals surface area (Å²) in [6, 6.07) is 4.67. The largest absolute Gasteiger partial charge is 0.481 e. The van der Waals surface area contributed by atoms with Crippen molar-refractivity contribution in [2.24, 2.45) is 5.92 Å². The van der Waals surface area contributed by atoms with Gasteiger partial charge in [-0.3, -0.25) is 4.79 Å². The van der Waals surface area contributed by atoms with Crippen molar-refractivity contribution >= 4 is 29.2 Å². The van der Waals surface area contributed by atoms with Gasteiger partial charge in [-0.2, -0.15) is 0 Å². The molecule has 2 unspecified atom stereocenters. The molecule has 1 aromatic rings. The second-order valence-corrected chi connectivity index (χ2v) is 5.04. The highest BCUT2D eigenvalue weighted by molar-refractivity contribution is 6.33. The van der Waals surface area contributed by atoms with Crippen molar-refractivity contribution in [3.05, 3.63) is 33.8 Å². The van der Waals surface area contributed by atoms with Crippen LogP contribution in [0.5, 0.6) is 0 Å². The third-order valence-electron chi connectivity index (χ3n) is 2.84. The minimum Gasteiger partial charge on any atom is -0.481 e. The highest BCUT2D eigenvalue weighted by Gasteiger charge is 2.28. The van der Waals surface area contributed by atoms with Crippen LogP contribution in [0.25, 0.3) is 0 Å². The molecule has 0 saturated carbocycles. The normalized spacial score (nSPS) is 14.2. The number of benzene rings is 1. The van der Waals surface area contributed by atoms with Gasteiger partial charge in [0.1, 0.15) is 0 Å². The number of hydrogen-bond acceptors (Lipinski definition) is 2. The maximum Gasteiger partial charge on any atom is 0.309 e. The number of rotatable bonds is 6. The molecule has 0 heterocycles. The van der Waals surface area contributed by atoms with Crippen LogP contribution in [0, 0.1) is 5.92 Å². The van der Waals surface area contributed by atoms with Gasteiger partial charge in [0.25, 0.3) is 0 Å². The number of unbranched alkanes of at least 4 members (excludes halogenated alkanes) is 1. The van der Waals surface area contributed by atoms with Gasteiger partial charge in [0, 0.05) is 15.6 Å². The fourth-order valence-corrected chi connectivity index (χ4v) is 2.21. The van der Waals surface area contributed by atoms with E-state index >= 15 is 0 Å². The van der Waals surface area contributed by atoms with E-state index in [1.165, 1.54) is 6.07 Å². The Morgan fingerprint density at radius 2 is 2.06 bits per heavy atom. The van der Waals surface area contributed by atoms with Gasteiger partial charge < -0.3 is 10.2 Å². The number of aliphatic hydroxyl groups excluding tert-OH is 1. The summed E-state index contributed by atoms with van der Waals surface area (Å²) in [7, 11) is 0. The molecule has 18 heavy (non-hydrogen) atoms. The molecule has 0 radical (unpaired) electrons. The molecule has 0 aliphatic carbocycles. The van der Waals surface area contributed by atoms with Crippen LogP contribution in [0.3, 0.4) is 0 Å². The van der Waals surface area contributed by atoms with E-state index in [0.29, 0.717) is 22.0 Å². The van der Waals surface area contributed by atoms with Crippen LogP contribution >= 0.6 is 23.2 Å². The average Bonchev–Trinajstić information content (AvgIpc) is 2.32. The van der Waals surface area contributed by atoms with Gasteiger partial charge in [-0.15, -0.1) is 0 Å². The number of aliphatic carboxylic acids is 1. The summed E-state index contributed by atoms with van der Waals surface area (Å²) in [5.41, 5.74) is 0.368. The number of carboxylic acid groups (broad SMARTS) is 1. The van der Waals surface area contributed by atoms with Crippen LogP contribution in [-0.4, -0.2) is 16.2 Å². The molecule has 0 bridgehead atoms. The van der Waals surface area contributed by atoms with Crippen molar-refractivity contribution in [1.29, 1.82) is 0 Å². The van der Waals surface area contributed by atoms with E-state index in [4.69, 9.17) is 28.3 Å². The molecule has 1 aromatic carbocycles. The third kappa shape index (κ3) is 3.87. The summed E-state index contributed by atoms with van der Waals surface area (Å²) >= 11 is 11.8. The Morgan fingerprint density at radius 1 is 1.39 bits per heavy atom. The molecule has 1 rings (SSSR count). The van der Waals surface area contributed by atoms with Crippen molar-refractivity contribution in [2.45, 2.75) is 32.3 Å². The third-order valence-corrected chi connectivity index (χ3v) is 3.42. The summed E-state index contributed by atoms with van der Waals surface area (Å²) < 4.78 is 0. The average molecular weight is 291 g/mol. The number of halogens is 2. The maximum absolute atomic E-state index is 11.2. The zero-order valence-electron chi connectivity index (χ0n) is 10.1. The van der Waals surface area contributed by atoms with Gasteiger partial charge in [0.15, 0.2) is 0 Å². The SMILES string of the molecule is CCCCC(C(=O)O)C(O)c1cc(Cl)ccc1Cl. The molecule has 0 fully saturated rings. The van der Waals surface area contributed by atoms with E-state index in [1.807, 2.05) is 6.92 Å². The first-order valence-corrected chi connectivity index (χ1v) is 6.58. The van der Waals surface area contributed by atoms with Gasteiger partial charge in [0.2, 0.25) is 0 Å². The smallest absolute Gasteiger partial charge is 0.309 e. The van der Waals surface area contributed by atoms with Crippen LogP contribution in [0.1, 0.15) is 37.9 Å². The van der Waals surface area contributed by atoms with Crippen LogP contribution in [0.4, 0.5) is 0 Å². The van der Waals surface area contributed by atoms with Crippen molar-refractivity contribution in [3.63, 3.8) is 0 Å². The quantitative estimate of drug-likeness (QED) is 0.835. The Hall–Kier alpha value is -0.770. The highest BCUT2D eigenvalue weighted by atomic mass is 35.5. The number of aliphatic hydroxyl groups is 1. The molecule has 5 heteroatoms. The Morgan fingerprint density at radius 3 is 2.61 bits per heavy atom. The van der Waals surface area contributed by atoms with Crippen LogP contribution in [0.2, 0.25) is 10.0 Å². The van der Waals surface area contributed by atoms with E-state index in [2.05, 4.69) is 0 Å². The molecule has 2 N–H and O–H groups in total. The lowest BCUT2D eigenvalue weighted by molar-refractivity contribution is -0.146. The molecule has 2 atom stereocenters. The summed E-state index contributed by atoms with van der Waals surface area (Å²) in [5, 5.41) is 20.1. The van der Waals surface area contributed by atoms with Crippen LogP contribution in [-0.2, 0) is 4.79 Å².